The number of hydrogen-bond donors (Lipinski definition) is 1. The van der Waals surface area contributed by atoms with E-state index in [2.05, 4.69) is 5.32 Å². The zero-order valence-corrected chi connectivity index (χ0v) is 12.8. The smallest absolute Gasteiger partial charge is 0.246 e. The van der Waals surface area contributed by atoms with Gasteiger partial charge in [-0.2, -0.15) is 0 Å². The van der Waals surface area contributed by atoms with Crippen LogP contribution >= 0.6 is 23.2 Å². The Morgan fingerprint density at radius 1 is 1.30 bits per heavy atom. The predicted molar refractivity (Wildman–Crippen MR) is 78.6 cm³/mol. The third kappa shape index (κ3) is 3.07. The molecule has 1 aromatic rings. The molecule has 1 unspecified atom stereocenters. The van der Waals surface area contributed by atoms with E-state index >= 15 is 0 Å². The molecule has 0 radical (unpaired) electrons. The number of carbonyl (C=O) groups excluding carboxylic acids is 2. The molecular weight excluding hydrogens is 299 g/mol. The van der Waals surface area contributed by atoms with Crippen molar-refractivity contribution in [2.75, 3.05) is 6.54 Å². The minimum atomic E-state index is -0.488. The lowest BCUT2D eigenvalue weighted by molar-refractivity contribution is -0.146. The van der Waals surface area contributed by atoms with Gasteiger partial charge in [0.2, 0.25) is 11.8 Å². The van der Waals surface area contributed by atoms with E-state index in [0.29, 0.717) is 15.6 Å². The number of halogens is 2. The van der Waals surface area contributed by atoms with E-state index in [1.54, 1.807) is 18.2 Å². The van der Waals surface area contributed by atoms with Crippen LogP contribution in [-0.2, 0) is 16.1 Å². The number of nitrogens with zero attached hydrogens (tertiary/aromatic N) is 1. The topological polar surface area (TPSA) is 49.4 Å². The van der Waals surface area contributed by atoms with Gasteiger partial charge in [-0.3, -0.25) is 9.59 Å². The second-order valence-electron chi connectivity index (χ2n) is 5.18. The molecule has 1 saturated heterocycles. The first kappa shape index (κ1) is 15.1. The minimum Gasteiger partial charge on any atom is -0.343 e. The molecule has 0 aliphatic carbocycles. The van der Waals surface area contributed by atoms with Gasteiger partial charge in [0.1, 0.15) is 6.04 Å². The highest BCUT2D eigenvalue weighted by atomic mass is 35.5. The Morgan fingerprint density at radius 2 is 1.90 bits per heavy atom. The van der Waals surface area contributed by atoms with Crippen molar-refractivity contribution in [3.63, 3.8) is 0 Å². The largest absolute Gasteiger partial charge is 0.343 e. The number of carbonyl (C=O) groups is 2. The summed E-state index contributed by atoms with van der Waals surface area (Å²) in [7, 11) is 0. The van der Waals surface area contributed by atoms with Crippen molar-refractivity contribution >= 4 is 35.0 Å². The van der Waals surface area contributed by atoms with Crippen molar-refractivity contribution in [1.82, 2.24) is 10.2 Å². The summed E-state index contributed by atoms with van der Waals surface area (Å²) in [6, 6.07) is 4.70. The van der Waals surface area contributed by atoms with E-state index in [1.807, 2.05) is 13.8 Å². The molecule has 1 aliphatic rings. The summed E-state index contributed by atoms with van der Waals surface area (Å²) >= 11 is 12.2. The normalized spacial score (nSPS) is 19.4. The molecule has 20 heavy (non-hydrogen) atoms. The summed E-state index contributed by atoms with van der Waals surface area (Å²) in [4.78, 5) is 25.6. The molecule has 1 heterocycles. The highest BCUT2D eigenvalue weighted by Gasteiger charge is 2.34. The molecule has 2 amide bonds. The molecule has 0 spiro atoms. The van der Waals surface area contributed by atoms with E-state index in [0.717, 1.165) is 0 Å². The fraction of sp³-hybridized carbons (Fsp3) is 0.429. The third-order valence-electron chi connectivity index (χ3n) is 3.31. The Kier molecular flexibility index (Phi) is 4.55. The zero-order chi connectivity index (χ0) is 14.9. The van der Waals surface area contributed by atoms with Crippen LogP contribution in [0.3, 0.4) is 0 Å². The number of rotatable bonds is 3. The van der Waals surface area contributed by atoms with Crippen molar-refractivity contribution in [2.45, 2.75) is 26.4 Å². The van der Waals surface area contributed by atoms with Gasteiger partial charge < -0.3 is 10.2 Å². The van der Waals surface area contributed by atoms with Crippen LogP contribution in [0.1, 0.15) is 19.4 Å². The first-order chi connectivity index (χ1) is 9.40. The van der Waals surface area contributed by atoms with E-state index in [4.69, 9.17) is 23.2 Å². The van der Waals surface area contributed by atoms with Gasteiger partial charge in [-0.05, 0) is 18.1 Å². The number of hydrogen-bond acceptors (Lipinski definition) is 2. The van der Waals surface area contributed by atoms with Gasteiger partial charge in [0.25, 0.3) is 0 Å². The molecule has 6 heteroatoms. The van der Waals surface area contributed by atoms with Crippen LogP contribution in [0.2, 0.25) is 10.0 Å². The highest BCUT2D eigenvalue weighted by molar-refractivity contribution is 6.36. The van der Waals surface area contributed by atoms with Crippen LogP contribution in [0.5, 0.6) is 0 Å². The van der Waals surface area contributed by atoms with Crippen molar-refractivity contribution in [1.29, 1.82) is 0 Å². The van der Waals surface area contributed by atoms with Gasteiger partial charge in [-0.1, -0.05) is 43.1 Å². The van der Waals surface area contributed by atoms with E-state index in [-0.39, 0.29) is 30.8 Å². The maximum atomic E-state index is 12.4. The van der Waals surface area contributed by atoms with Crippen molar-refractivity contribution < 1.29 is 9.59 Å². The third-order valence-corrected chi connectivity index (χ3v) is 4.01. The van der Waals surface area contributed by atoms with Gasteiger partial charge >= 0.3 is 0 Å². The molecule has 0 aromatic heterocycles. The Balaban J connectivity index is 2.24. The first-order valence-corrected chi connectivity index (χ1v) is 7.16. The summed E-state index contributed by atoms with van der Waals surface area (Å²) in [5.74, 6) is -0.224. The summed E-state index contributed by atoms with van der Waals surface area (Å²) in [6.07, 6.45) is 0. The number of amides is 2. The van der Waals surface area contributed by atoms with Gasteiger partial charge in [-0.15, -0.1) is 0 Å². The maximum Gasteiger partial charge on any atom is 0.246 e. The lowest BCUT2D eigenvalue weighted by atomic mass is 10.0. The quantitative estimate of drug-likeness (QED) is 0.931. The van der Waals surface area contributed by atoms with Crippen molar-refractivity contribution in [3.8, 4) is 0 Å². The summed E-state index contributed by atoms with van der Waals surface area (Å²) in [5, 5.41) is 3.71. The van der Waals surface area contributed by atoms with Crippen molar-refractivity contribution in [3.05, 3.63) is 33.8 Å². The molecule has 4 nitrogen and oxygen atoms in total. The molecule has 1 aromatic carbocycles. The van der Waals surface area contributed by atoms with E-state index in [1.165, 1.54) is 4.90 Å². The van der Waals surface area contributed by atoms with Crippen LogP contribution in [0.4, 0.5) is 0 Å². The minimum absolute atomic E-state index is 0.0314. The second-order valence-corrected chi connectivity index (χ2v) is 6.00. The second kappa shape index (κ2) is 6.02. The molecule has 1 aliphatic heterocycles. The Morgan fingerprint density at radius 3 is 2.45 bits per heavy atom. The van der Waals surface area contributed by atoms with Crippen LogP contribution in [0.25, 0.3) is 0 Å². The molecule has 0 saturated carbocycles. The lowest BCUT2D eigenvalue weighted by Gasteiger charge is -2.34. The molecule has 108 valence electrons. The van der Waals surface area contributed by atoms with Crippen LogP contribution < -0.4 is 5.32 Å². The molecular formula is C14H16Cl2N2O2. The molecule has 1 fully saturated rings. The van der Waals surface area contributed by atoms with Crippen LogP contribution in [-0.4, -0.2) is 29.3 Å². The van der Waals surface area contributed by atoms with Crippen molar-refractivity contribution in [2.24, 2.45) is 5.92 Å². The van der Waals surface area contributed by atoms with Gasteiger partial charge in [0, 0.05) is 22.2 Å². The molecule has 1 N–H and O–H groups in total. The Bertz CT molecular complexity index is 526. The molecule has 1 atom stereocenters. The summed E-state index contributed by atoms with van der Waals surface area (Å²) in [6.45, 7) is 4.07. The average molecular weight is 315 g/mol. The molecule has 2 rings (SSSR count). The van der Waals surface area contributed by atoms with E-state index < -0.39 is 6.04 Å². The van der Waals surface area contributed by atoms with Gasteiger partial charge in [-0.25, -0.2) is 0 Å². The lowest BCUT2D eigenvalue weighted by Crippen LogP contribution is -2.59. The Labute approximate surface area is 128 Å². The summed E-state index contributed by atoms with van der Waals surface area (Å²) in [5.41, 5.74) is 0.668. The highest BCUT2D eigenvalue weighted by Crippen LogP contribution is 2.26. The number of nitrogens with one attached hydrogen (secondary N) is 1. The van der Waals surface area contributed by atoms with Gasteiger partial charge in [0.05, 0.1) is 6.54 Å². The standard InChI is InChI=1S/C14H16Cl2N2O2/c1-8(2)13-14(20)18(7-12(19)17-13)6-9-10(15)4-3-5-11(9)16/h3-5,8,13H,6-7H2,1-2H3,(H,17,19). The zero-order valence-electron chi connectivity index (χ0n) is 11.3. The van der Waals surface area contributed by atoms with Crippen LogP contribution in [0, 0.1) is 5.92 Å². The summed E-state index contributed by atoms with van der Waals surface area (Å²) < 4.78 is 0. The SMILES string of the molecule is CC(C)C1NC(=O)CN(Cc2c(Cl)cccc2Cl)C1=O. The Hall–Kier alpha value is -1.26. The molecule has 0 bridgehead atoms. The first-order valence-electron chi connectivity index (χ1n) is 6.41. The average Bonchev–Trinajstić information content (AvgIpc) is 2.37. The monoisotopic (exact) mass is 314 g/mol. The number of benzene rings is 1. The predicted octanol–water partition coefficient (Wildman–Crippen LogP) is 2.48. The fourth-order valence-corrected chi connectivity index (χ4v) is 2.71. The van der Waals surface area contributed by atoms with Gasteiger partial charge in [0.15, 0.2) is 0 Å². The fourth-order valence-electron chi connectivity index (χ4n) is 2.19. The maximum absolute atomic E-state index is 12.4. The number of piperazine rings is 1. The van der Waals surface area contributed by atoms with Crippen LogP contribution in [0.15, 0.2) is 18.2 Å². The van der Waals surface area contributed by atoms with E-state index in [9.17, 15) is 9.59 Å².